The van der Waals surface area contributed by atoms with Crippen molar-refractivity contribution in [3.05, 3.63) is 12.3 Å². The summed E-state index contributed by atoms with van der Waals surface area (Å²) in [5, 5.41) is 0. The first-order valence-electron chi connectivity index (χ1n) is 6.43. The maximum atomic E-state index is 4.27. The molecule has 86 valence electrons. The zero-order chi connectivity index (χ0) is 11.1. The normalized spacial score (nSPS) is 29.1. The largest absolute Gasteiger partial charge is 0.372 e. The van der Waals surface area contributed by atoms with Crippen molar-refractivity contribution in [2.75, 3.05) is 6.54 Å². The van der Waals surface area contributed by atoms with Crippen molar-refractivity contribution in [2.45, 2.75) is 58.9 Å². The molecule has 0 N–H and O–H groups in total. The SMILES string of the molecule is C=C1CC(C(C)(C)C)CN1C1CCCC1. The smallest absolute Gasteiger partial charge is 0.0286 e. The first-order valence-corrected chi connectivity index (χ1v) is 6.43. The fourth-order valence-corrected chi connectivity index (χ4v) is 3.04. The summed E-state index contributed by atoms with van der Waals surface area (Å²) in [6.07, 6.45) is 6.87. The van der Waals surface area contributed by atoms with Gasteiger partial charge in [-0.3, -0.25) is 0 Å². The molecule has 2 fully saturated rings. The van der Waals surface area contributed by atoms with Gasteiger partial charge in [-0.15, -0.1) is 0 Å². The maximum Gasteiger partial charge on any atom is 0.0286 e. The van der Waals surface area contributed by atoms with E-state index in [1.807, 2.05) is 0 Å². The van der Waals surface area contributed by atoms with Crippen LogP contribution in [0.3, 0.4) is 0 Å². The summed E-state index contributed by atoms with van der Waals surface area (Å²) in [6.45, 7) is 12.6. The lowest BCUT2D eigenvalue weighted by Gasteiger charge is -2.30. The molecule has 0 bridgehead atoms. The minimum Gasteiger partial charge on any atom is -0.372 e. The molecule has 0 aromatic rings. The van der Waals surface area contributed by atoms with Crippen LogP contribution in [0.1, 0.15) is 52.9 Å². The van der Waals surface area contributed by atoms with Crippen molar-refractivity contribution in [2.24, 2.45) is 11.3 Å². The van der Waals surface area contributed by atoms with Crippen LogP contribution in [0.4, 0.5) is 0 Å². The summed E-state index contributed by atoms with van der Waals surface area (Å²) in [4.78, 5) is 2.61. The van der Waals surface area contributed by atoms with Crippen LogP contribution < -0.4 is 0 Å². The third-order valence-electron chi connectivity index (χ3n) is 4.30. The number of likely N-dealkylation sites (tertiary alicyclic amines) is 1. The van der Waals surface area contributed by atoms with Crippen molar-refractivity contribution >= 4 is 0 Å². The Morgan fingerprint density at radius 3 is 2.27 bits per heavy atom. The molecule has 2 rings (SSSR count). The monoisotopic (exact) mass is 207 g/mol. The van der Waals surface area contributed by atoms with Gasteiger partial charge in [-0.25, -0.2) is 0 Å². The lowest BCUT2D eigenvalue weighted by Crippen LogP contribution is -2.32. The predicted molar refractivity (Wildman–Crippen MR) is 65.7 cm³/mol. The van der Waals surface area contributed by atoms with Crippen molar-refractivity contribution in [3.63, 3.8) is 0 Å². The minimum atomic E-state index is 0.441. The molecule has 1 heteroatoms. The highest BCUT2D eigenvalue weighted by Gasteiger charge is 2.37. The van der Waals surface area contributed by atoms with E-state index >= 15 is 0 Å². The van der Waals surface area contributed by atoms with Crippen LogP contribution >= 0.6 is 0 Å². The van der Waals surface area contributed by atoms with E-state index in [2.05, 4.69) is 32.3 Å². The molecule has 1 unspecified atom stereocenters. The molecule has 1 saturated carbocycles. The highest BCUT2D eigenvalue weighted by molar-refractivity contribution is 5.08. The van der Waals surface area contributed by atoms with Crippen molar-refractivity contribution in [3.8, 4) is 0 Å². The topological polar surface area (TPSA) is 3.24 Å². The van der Waals surface area contributed by atoms with Crippen molar-refractivity contribution in [1.82, 2.24) is 4.90 Å². The highest BCUT2D eigenvalue weighted by atomic mass is 15.2. The average molecular weight is 207 g/mol. The summed E-state index contributed by atoms with van der Waals surface area (Å²) in [5.41, 5.74) is 1.85. The third kappa shape index (κ3) is 2.21. The number of rotatable bonds is 1. The van der Waals surface area contributed by atoms with Gasteiger partial charge < -0.3 is 4.90 Å². The van der Waals surface area contributed by atoms with Gasteiger partial charge in [-0.2, -0.15) is 0 Å². The van der Waals surface area contributed by atoms with Gasteiger partial charge in [-0.1, -0.05) is 40.2 Å². The van der Waals surface area contributed by atoms with Gasteiger partial charge in [-0.05, 0) is 30.6 Å². The van der Waals surface area contributed by atoms with Gasteiger partial charge in [0.05, 0.1) is 0 Å². The molecule has 0 aromatic heterocycles. The molecule has 1 saturated heterocycles. The average Bonchev–Trinajstić information content (AvgIpc) is 2.69. The Morgan fingerprint density at radius 2 is 1.80 bits per heavy atom. The Kier molecular flexibility index (Phi) is 2.83. The Bertz CT molecular complexity index is 243. The number of hydrogen-bond donors (Lipinski definition) is 0. The molecule has 1 heterocycles. The van der Waals surface area contributed by atoms with Gasteiger partial charge in [0.15, 0.2) is 0 Å². The molecule has 2 aliphatic rings. The Morgan fingerprint density at radius 1 is 1.20 bits per heavy atom. The Labute approximate surface area is 94.5 Å². The number of nitrogens with zero attached hydrogens (tertiary/aromatic N) is 1. The molecule has 1 aliphatic carbocycles. The summed E-state index contributed by atoms with van der Waals surface area (Å²) < 4.78 is 0. The molecule has 1 aliphatic heterocycles. The van der Waals surface area contributed by atoms with Crippen LogP contribution in [0, 0.1) is 11.3 Å². The van der Waals surface area contributed by atoms with E-state index in [4.69, 9.17) is 0 Å². The van der Waals surface area contributed by atoms with E-state index in [-0.39, 0.29) is 0 Å². The van der Waals surface area contributed by atoms with Crippen LogP contribution in [0.25, 0.3) is 0 Å². The minimum absolute atomic E-state index is 0.441. The van der Waals surface area contributed by atoms with Crippen molar-refractivity contribution in [1.29, 1.82) is 0 Å². The quantitative estimate of drug-likeness (QED) is 0.632. The zero-order valence-corrected chi connectivity index (χ0v) is 10.6. The zero-order valence-electron chi connectivity index (χ0n) is 10.6. The van der Waals surface area contributed by atoms with E-state index in [9.17, 15) is 0 Å². The Balaban J connectivity index is 2.01. The van der Waals surface area contributed by atoms with Gasteiger partial charge in [0.25, 0.3) is 0 Å². The van der Waals surface area contributed by atoms with Gasteiger partial charge in [0, 0.05) is 18.3 Å². The van der Waals surface area contributed by atoms with Gasteiger partial charge in [0.2, 0.25) is 0 Å². The Hall–Kier alpha value is -0.460. The number of hydrogen-bond acceptors (Lipinski definition) is 1. The van der Waals surface area contributed by atoms with E-state index < -0.39 is 0 Å². The van der Waals surface area contributed by atoms with Crippen LogP contribution in [0.2, 0.25) is 0 Å². The lowest BCUT2D eigenvalue weighted by atomic mass is 9.80. The molecular weight excluding hydrogens is 182 g/mol. The lowest BCUT2D eigenvalue weighted by molar-refractivity contribution is 0.206. The molecule has 0 amide bonds. The molecule has 0 spiro atoms. The standard InChI is InChI=1S/C14H25N/c1-11-9-12(14(2,3)4)10-15(11)13-7-5-6-8-13/h12-13H,1,5-10H2,2-4H3. The van der Waals surface area contributed by atoms with Gasteiger partial charge in [0.1, 0.15) is 0 Å². The molecular formula is C14H25N. The van der Waals surface area contributed by atoms with Gasteiger partial charge >= 0.3 is 0 Å². The molecule has 0 aromatic carbocycles. The van der Waals surface area contributed by atoms with Crippen LogP contribution in [0.5, 0.6) is 0 Å². The summed E-state index contributed by atoms with van der Waals surface area (Å²) in [7, 11) is 0. The maximum absolute atomic E-state index is 4.27. The van der Waals surface area contributed by atoms with E-state index in [0.717, 1.165) is 12.0 Å². The number of allylic oxidation sites excluding steroid dienone is 1. The van der Waals surface area contributed by atoms with Crippen LogP contribution in [-0.4, -0.2) is 17.5 Å². The fourth-order valence-electron chi connectivity index (χ4n) is 3.04. The summed E-state index contributed by atoms with van der Waals surface area (Å²) >= 11 is 0. The van der Waals surface area contributed by atoms with Crippen LogP contribution in [0.15, 0.2) is 12.3 Å². The van der Waals surface area contributed by atoms with Crippen molar-refractivity contribution < 1.29 is 0 Å². The first-order chi connectivity index (χ1) is 6.98. The third-order valence-corrected chi connectivity index (χ3v) is 4.30. The molecule has 15 heavy (non-hydrogen) atoms. The predicted octanol–water partition coefficient (Wildman–Crippen LogP) is 3.81. The second-order valence-electron chi connectivity index (χ2n) is 6.42. The van der Waals surface area contributed by atoms with E-state index in [0.29, 0.717) is 5.41 Å². The summed E-state index contributed by atoms with van der Waals surface area (Å²) in [6, 6.07) is 0.824. The highest BCUT2D eigenvalue weighted by Crippen LogP contribution is 2.41. The fraction of sp³-hybridized carbons (Fsp3) is 0.857. The second-order valence-corrected chi connectivity index (χ2v) is 6.42. The first kappa shape index (κ1) is 11.0. The second kappa shape index (κ2) is 3.84. The molecule has 0 radical (unpaired) electrons. The molecule has 1 atom stereocenters. The summed E-state index contributed by atoms with van der Waals surface area (Å²) in [5.74, 6) is 0.811. The van der Waals surface area contributed by atoms with E-state index in [1.54, 1.807) is 0 Å². The van der Waals surface area contributed by atoms with Crippen LogP contribution in [-0.2, 0) is 0 Å². The molecule has 1 nitrogen and oxygen atoms in total. The van der Waals surface area contributed by atoms with E-state index in [1.165, 1.54) is 44.3 Å².